The maximum Gasteiger partial charge on any atom is 0.305 e. The van der Waals surface area contributed by atoms with Gasteiger partial charge in [-0.1, -0.05) is 18.2 Å². The third-order valence-electron chi connectivity index (χ3n) is 3.34. The van der Waals surface area contributed by atoms with E-state index in [0.29, 0.717) is 12.8 Å². The summed E-state index contributed by atoms with van der Waals surface area (Å²) in [5.74, 6) is -0.192. The summed E-state index contributed by atoms with van der Waals surface area (Å²) in [6.07, 6.45) is 1.02. The number of benzene rings is 1. The number of carbonyl (C=O) groups is 1. The number of aromatic nitrogens is 1. The normalized spacial score (nSPS) is 10.6. The lowest BCUT2D eigenvalue weighted by Crippen LogP contribution is -2.10. The van der Waals surface area contributed by atoms with Gasteiger partial charge in [0.2, 0.25) is 0 Å². The summed E-state index contributed by atoms with van der Waals surface area (Å²) in [5, 5.41) is 1.11. The van der Waals surface area contributed by atoms with Gasteiger partial charge in [0, 0.05) is 37.3 Å². The number of rotatable bonds is 4. The van der Waals surface area contributed by atoms with Gasteiger partial charge in [-0.3, -0.25) is 9.78 Å². The lowest BCUT2D eigenvalue weighted by molar-refractivity contribution is -0.140. The molecule has 106 valence electrons. The number of para-hydroxylation sites is 1. The fourth-order valence-electron chi connectivity index (χ4n) is 2.32. The molecule has 0 fully saturated rings. The van der Waals surface area contributed by atoms with Crippen LogP contribution in [0.1, 0.15) is 17.7 Å². The Kier molecular flexibility index (Phi) is 4.23. The predicted molar refractivity (Wildman–Crippen MR) is 81.1 cm³/mol. The van der Waals surface area contributed by atoms with Crippen LogP contribution >= 0.6 is 0 Å². The van der Waals surface area contributed by atoms with Crippen molar-refractivity contribution in [3.8, 4) is 0 Å². The smallest absolute Gasteiger partial charge is 0.305 e. The zero-order valence-corrected chi connectivity index (χ0v) is 12.4. The zero-order chi connectivity index (χ0) is 14.7. The molecule has 4 heteroatoms. The van der Waals surface area contributed by atoms with Gasteiger partial charge in [0.05, 0.1) is 12.6 Å². The number of anilines is 1. The second-order valence-corrected chi connectivity index (χ2v) is 5.07. The van der Waals surface area contributed by atoms with Crippen LogP contribution in [-0.4, -0.2) is 32.2 Å². The molecule has 0 saturated carbocycles. The Morgan fingerprint density at radius 3 is 2.75 bits per heavy atom. The third kappa shape index (κ3) is 2.90. The molecule has 0 unspecified atom stereocenters. The van der Waals surface area contributed by atoms with E-state index in [-0.39, 0.29) is 5.97 Å². The molecule has 0 saturated heterocycles. The standard InChI is InChI=1S/C16H20N2O2/c1-11-10-14(18(2)3)13-7-5-6-12(16(13)17-11)8-9-15(19)20-4/h5-7,10H,8-9H2,1-4H3. The van der Waals surface area contributed by atoms with Crippen molar-refractivity contribution in [3.05, 3.63) is 35.5 Å². The summed E-state index contributed by atoms with van der Waals surface area (Å²) in [7, 11) is 5.46. The largest absolute Gasteiger partial charge is 0.469 e. The van der Waals surface area contributed by atoms with Crippen LogP contribution in [0.15, 0.2) is 24.3 Å². The molecule has 1 heterocycles. The van der Waals surface area contributed by atoms with Crippen LogP contribution in [-0.2, 0) is 16.0 Å². The Balaban J connectivity index is 2.48. The van der Waals surface area contributed by atoms with Gasteiger partial charge >= 0.3 is 5.97 Å². The van der Waals surface area contributed by atoms with Gasteiger partial charge in [-0.25, -0.2) is 0 Å². The van der Waals surface area contributed by atoms with E-state index in [1.165, 1.54) is 7.11 Å². The molecule has 20 heavy (non-hydrogen) atoms. The lowest BCUT2D eigenvalue weighted by Gasteiger charge is -2.17. The molecule has 2 rings (SSSR count). The third-order valence-corrected chi connectivity index (χ3v) is 3.34. The number of hydrogen-bond acceptors (Lipinski definition) is 4. The fraction of sp³-hybridized carbons (Fsp3) is 0.375. The number of esters is 1. The van der Waals surface area contributed by atoms with Gasteiger partial charge in [0.25, 0.3) is 0 Å². The van der Waals surface area contributed by atoms with Crippen LogP contribution in [0.3, 0.4) is 0 Å². The molecule has 0 N–H and O–H groups in total. The number of nitrogens with zero attached hydrogens (tertiary/aromatic N) is 2. The summed E-state index contributed by atoms with van der Waals surface area (Å²) in [5.41, 5.74) is 4.18. The van der Waals surface area contributed by atoms with Gasteiger partial charge in [0.1, 0.15) is 0 Å². The number of aryl methyl sites for hydroxylation is 2. The Bertz CT molecular complexity index is 636. The molecule has 1 aromatic heterocycles. The average molecular weight is 272 g/mol. The number of carbonyl (C=O) groups excluding carboxylic acids is 1. The zero-order valence-electron chi connectivity index (χ0n) is 12.4. The van der Waals surface area contributed by atoms with Crippen molar-refractivity contribution in [2.24, 2.45) is 0 Å². The first-order valence-corrected chi connectivity index (χ1v) is 6.66. The van der Waals surface area contributed by atoms with Crippen LogP contribution in [0.25, 0.3) is 10.9 Å². The molecule has 0 aliphatic heterocycles. The molecule has 0 atom stereocenters. The molecule has 0 bridgehead atoms. The highest BCUT2D eigenvalue weighted by atomic mass is 16.5. The van der Waals surface area contributed by atoms with E-state index in [0.717, 1.165) is 27.8 Å². The van der Waals surface area contributed by atoms with Gasteiger partial charge in [-0.2, -0.15) is 0 Å². The summed E-state index contributed by atoms with van der Waals surface area (Å²) < 4.78 is 4.70. The molecule has 0 spiro atoms. The highest BCUT2D eigenvalue weighted by molar-refractivity contribution is 5.94. The average Bonchev–Trinajstić information content (AvgIpc) is 2.43. The summed E-state index contributed by atoms with van der Waals surface area (Å²) >= 11 is 0. The van der Waals surface area contributed by atoms with E-state index >= 15 is 0 Å². The van der Waals surface area contributed by atoms with Crippen molar-refractivity contribution in [1.29, 1.82) is 0 Å². The lowest BCUT2D eigenvalue weighted by atomic mass is 10.0. The minimum absolute atomic E-state index is 0.192. The monoisotopic (exact) mass is 272 g/mol. The van der Waals surface area contributed by atoms with Crippen molar-refractivity contribution in [1.82, 2.24) is 4.98 Å². The van der Waals surface area contributed by atoms with Gasteiger partial charge in [-0.15, -0.1) is 0 Å². The molecular formula is C16H20N2O2. The van der Waals surface area contributed by atoms with Crippen LogP contribution in [0.5, 0.6) is 0 Å². The number of hydrogen-bond donors (Lipinski definition) is 0. The highest BCUT2D eigenvalue weighted by Gasteiger charge is 2.10. The Labute approximate surface area is 119 Å². The second kappa shape index (κ2) is 5.90. The molecule has 1 aromatic carbocycles. The minimum Gasteiger partial charge on any atom is -0.469 e. The number of methoxy groups -OCH3 is 1. The first-order chi connectivity index (χ1) is 9.52. The highest BCUT2D eigenvalue weighted by Crippen LogP contribution is 2.28. The Morgan fingerprint density at radius 1 is 1.35 bits per heavy atom. The van der Waals surface area contributed by atoms with E-state index in [4.69, 9.17) is 4.74 Å². The van der Waals surface area contributed by atoms with E-state index in [9.17, 15) is 4.79 Å². The SMILES string of the molecule is COC(=O)CCc1cccc2c(N(C)C)cc(C)nc12. The molecule has 4 nitrogen and oxygen atoms in total. The summed E-state index contributed by atoms with van der Waals surface area (Å²) in [6, 6.07) is 8.18. The number of pyridine rings is 1. The number of fused-ring (bicyclic) bond motifs is 1. The van der Waals surface area contributed by atoms with Crippen LogP contribution in [0, 0.1) is 6.92 Å². The first kappa shape index (κ1) is 14.3. The Morgan fingerprint density at radius 2 is 2.10 bits per heavy atom. The Hall–Kier alpha value is -2.10. The predicted octanol–water partition coefficient (Wildman–Crippen LogP) is 2.71. The first-order valence-electron chi connectivity index (χ1n) is 6.66. The maximum absolute atomic E-state index is 11.3. The van der Waals surface area contributed by atoms with Gasteiger partial charge < -0.3 is 9.64 Å². The molecule has 0 amide bonds. The molecule has 0 radical (unpaired) electrons. The van der Waals surface area contributed by atoms with Gasteiger partial charge in [-0.05, 0) is 25.0 Å². The quantitative estimate of drug-likeness (QED) is 0.803. The van der Waals surface area contributed by atoms with Crippen LogP contribution < -0.4 is 4.90 Å². The van der Waals surface area contributed by atoms with Crippen LogP contribution in [0.2, 0.25) is 0 Å². The number of ether oxygens (including phenoxy) is 1. The second-order valence-electron chi connectivity index (χ2n) is 5.07. The van der Waals surface area contributed by atoms with Crippen molar-refractivity contribution in [3.63, 3.8) is 0 Å². The molecule has 2 aromatic rings. The topological polar surface area (TPSA) is 42.4 Å². The fourth-order valence-corrected chi connectivity index (χ4v) is 2.32. The maximum atomic E-state index is 11.3. The van der Waals surface area contributed by atoms with E-state index < -0.39 is 0 Å². The molecule has 0 aliphatic carbocycles. The van der Waals surface area contributed by atoms with Gasteiger partial charge in [0.15, 0.2) is 0 Å². The van der Waals surface area contributed by atoms with Crippen molar-refractivity contribution >= 4 is 22.6 Å². The van der Waals surface area contributed by atoms with E-state index in [1.54, 1.807) is 0 Å². The van der Waals surface area contributed by atoms with Crippen LogP contribution in [0.4, 0.5) is 5.69 Å². The summed E-state index contributed by atoms with van der Waals surface area (Å²) in [4.78, 5) is 18.0. The molecular weight excluding hydrogens is 252 g/mol. The molecule has 0 aliphatic rings. The van der Waals surface area contributed by atoms with Crippen molar-refractivity contribution < 1.29 is 9.53 Å². The summed E-state index contributed by atoms with van der Waals surface area (Å²) in [6.45, 7) is 1.99. The van der Waals surface area contributed by atoms with Crippen molar-refractivity contribution in [2.45, 2.75) is 19.8 Å². The van der Waals surface area contributed by atoms with E-state index in [1.807, 2.05) is 33.2 Å². The minimum atomic E-state index is -0.192. The van der Waals surface area contributed by atoms with E-state index in [2.05, 4.69) is 22.0 Å². The van der Waals surface area contributed by atoms with Crippen molar-refractivity contribution in [2.75, 3.05) is 26.1 Å².